The number of anilines is 2. The summed E-state index contributed by atoms with van der Waals surface area (Å²) in [6, 6.07) is 13.5. The molecule has 1 saturated heterocycles. The molecule has 0 aromatic heterocycles. The van der Waals surface area contributed by atoms with Crippen LogP contribution in [0.1, 0.15) is 24.0 Å². The van der Waals surface area contributed by atoms with Gasteiger partial charge in [-0.1, -0.05) is 23.7 Å². The summed E-state index contributed by atoms with van der Waals surface area (Å²) in [5.41, 5.74) is 3.74. The Bertz CT molecular complexity index is 1010. The molecule has 0 saturated carbocycles. The van der Waals surface area contributed by atoms with E-state index in [0.717, 1.165) is 29.9 Å². The monoisotopic (exact) mass is 463 g/mol. The highest BCUT2D eigenvalue weighted by atomic mass is 35.5. The van der Waals surface area contributed by atoms with Gasteiger partial charge < -0.3 is 9.80 Å². The summed E-state index contributed by atoms with van der Waals surface area (Å²) in [6.45, 7) is 6.99. The molecule has 0 radical (unpaired) electrons. The Kier molecular flexibility index (Phi) is 7.49. The number of nitrogens with zero attached hydrogens (tertiary/aromatic N) is 3. The van der Waals surface area contributed by atoms with Crippen molar-refractivity contribution in [3.05, 3.63) is 58.6 Å². The number of aryl methyl sites for hydroxylation is 2. The first-order valence-corrected chi connectivity index (χ1v) is 12.7. The van der Waals surface area contributed by atoms with Gasteiger partial charge in [-0.2, -0.15) is 0 Å². The first-order chi connectivity index (χ1) is 14.6. The van der Waals surface area contributed by atoms with Gasteiger partial charge in [-0.05, 0) is 61.7 Å². The zero-order valence-corrected chi connectivity index (χ0v) is 19.9. The molecule has 0 atom stereocenters. The molecule has 3 rings (SSSR count). The molecule has 1 aliphatic heterocycles. The fourth-order valence-electron chi connectivity index (χ4n) is 4.00. The van der Waals surface area contributed by atoms with Gasteiger partial charge in [0.25, 0.3) is 0 Å². The minimum Gasteiger partial charge on any atom is -0.368 e. The van der Waals surface area contributed by atoms with Crippen LogP contribution in [0.15, 0.2) is 42.5 Å². The molecule has 0 unspecified atom stereocenters. The molecule has 1 heterocycles. The quantitative estimate of drug-likeness (QED) is 0.625. The lowest BCUT2D eigenvalue weighted by Gasteiger charge is -2.36. The van der Waals surface area contributed by atoms with E-state index in [1.807, 2.05) is 61.2 Å². The van der Waals surface area contributed by atoms with Crippen LogP contribution < -0.4 is 9.21 Å². The van der Waals surface area contributed by atoms with Gasteiger partial charge in [-0.3, -0.25) is 9.10 Å². The Morgan fingerprint density at radius 3 is 2.26 bits per heavy atom. The first-order valence-electron chi connectivity index (χ1n) is 10.5. The van der Waals surface area contributed by atoms with Gasteiger partial charge in [0.05, 0.1) is 11.9 Å². The van der Waals surface area contributed by atoms with E-state index in [1.165, 1.54) is 10.6 Å². The van der Waals surface area contributed by atoms with Gasteiger partial charge in [-0.25, -0.2) is 8.42 Å². The summed E-state index contributed by atoms with van der Waals surface area (Å²) in [5.74, 6) is 0.0691. The first kappa shape index (κ1) is 23.4. The number of benzene rings is 2. The summed E-state index contributed by atoms with van der Waals surface area (Å²) in [4.78, 5) is 16.8. The molecular weight excluding hydrogens is 434 g/mol. The van der Waals surface area contributed by atoms with Crippen molar-refractivity contribution < 1.29 is 13.2 Å². The molecule has 0 aliphatic carbocycles. The lowest BCUT2D eigenvalue weighted by Crippen LogP contribution is -2.48. The smallest absolute Gasteiger partial charge is 0.232 e. The number of halogens is 1. The number of hydrogen-bond acceptors (Lipinski definition) is 4. The number of rotatable bonds is 7. The number of hydrogen-bond donors (Lipinski definition) is 0. The van der Waals surface area contributed by atoms with Crippen molar-refractivity contribution in [1.29, 1.82) is 0 Å². The van der Waals surface area contributed by atoms with E-state index in [0.29, 0.717) is 36.6 Å². The number of carbonyl (C=O) groups is 1. The van der Waals surface area contributed by atoms with Crippen molar-refractivity contribution >= 4 is 38.9 Å². The number of sulfonamides is 1. The van der Waals surface area contributed by atoms with Crippen LogP contribution in [0.3, 0.4) is 0 Å². The molecule has 0 bridgehead atoms. The van der Waals surface area contributed by atoms with Crippen LogP contribution in [0.2, 0.25) is 5.02 Å². The molecule has 0 N–H and O–H groups in total. The third-order valence-corrected chi connectivity index (χ3v) is 6.88. The van der Waals surface area contributed by atoms with E-state index in [2.05, 4.69) is 4.90 Å². The second-order valence-corrected chi connectivity index (χ2v) is 10.5. The standard InChI is InChI=1S/C23H30ClN3O3S/c1-18-14-19(2)16-22(15-18)27(31(3,29)30)9-5-8-23(28)26-12-10-25(11-13-26)21-7-4-6-20(24)17-21/h4,6-7,14-17H,5,8-13H2,1-3H3. The molecule has 2 aromatic rings. The van der Waals surface area contributed by atoms with Crippen LogP contribution in [0.5, 0.6) is 0 Å². The molecule has 0 spiro atoms. The van der Waals surface area contributed by atoms with Crippen molar-refractivity contribution in [2.45, 2.75) is 26.7 Å². The van der Waals surface area contributed by atoms with Crippen molar-refractivity contribution in [2.24, 2.45) is 0 Å². The van der Waals surface area contributed by atoms with E-state index < -0.39 is 10.0 Å². The summed E-state index contributed by atoms with van der Waals surface area (Å²) in [5, 5.41) is 0.704. The normalized spacial score (nSPS) is 14.6. The molecule has 31 heavy (non-hydrogen) atoms. The van der Waals surface area contributed by atoms with Crippen molar-refractivity contribution in [3.63, 3.8) is 0 Å². The number of amides is 1. The summed E-state index contributed by atoms with van der Waals surface area (Å²) in [6.07, 6.45) is 2.02. The maximum Gasteiger partial charge on any atom is 0.232 e. The zero-order chi connectivity index (χ0) is 22.6. The topological polar surface area (TPSA) is 60.9 Å². The van der Waals surface area contributed by atoms with Gasteiger partial charge >= 0.3 is 0 Å². The van der Waals surface area contributed by atoms with E-state index in [9.17, 15) is 13.2 Å². The molecule has 6 nitrogen and oxygen atoms in total. The highest BCUT2D eigenvalue weighted by Gasteiger charge is 2.23. The zero-order valence-electron chi connectivity index (χ0n) is 18.3. The average Bonchev–Trinajstić information content (AvgIpc) is 2.69. The number of piperazine rings is 1. The largest absolute Gasteiger partial charge is 0.368 e. The average molecular weight is 464 g/mol. The highest BCUT2D eigenvalue weighted by molar-refractivity contribution is 7.92. The fraction of sp³-hybridized carbons (Fsp3) is 0.435. The molecule has 1 fully saturated rings. The molecule has 2 aromatic carbocycles. The summed E-state index contributed by atoms with van der Waals surface area (Å²) < 4.78 is 26.1. The third kappa shape index (κ3) is 6.37. The molecular formula is C23H30ClN3O3S. The Hall–Kier alpha value is -2.25. The maximum absolute atomic E-state index is 12.7. The van der Waals surface area contributed by atoms with Crippen LogP contribution >= 0.6 is 11.6 Å². The van der Waals surface area contributed by atoms with Crippen LogP contribution in [0.25, 0.3) is 0 Å². The molecule has 1 aliphatic rings. The minimum absolute atomic E-state index is 0.0691. The minimum atomic E-state index is -3.42. The predicted octanol–water partition coefficient (Wildman–Crippen LogP) is 3.85. The van der Waals surface area contributed by atoms with Crippen molar-refractivity contribution in [2.75, 3.05) is 48.2 Å². The molecule has 1 amide bonds. The van der Waals surface area contributed by atoms with Crippen LogP contribution in [-0.4, -0.2) is 58.2 Å². The van der Waals surface area contributed by atoms with Gasteiger partial charge in [-0.15, -0.1) is 0 Å². The fourth-order valence-corrected chi connectivity index (χ4v) is 5.13. The van der Waals surface area contributed by atoms with Crippen LogP contribution in [0.4, 0.5) is 11.4 Å². The van der Waals surface area contributed by atoms with E-state index >= 15 is 0 Å². The Labute approximate surface area is 190 Å². The lowest BCUT2D eigenvalue weighted by atomic mass is 10.1. The Morgan fingerprint density at radius 2 is 1.68 bits per heavy atom. The van der Waals surface area contributed by atoms with E-state index in [1.54, 1.807) is 0 Å². The van der Waals surface area contributed by atoms with Crippen LogP contribution in [0, 0.1) is 13.8 Å². The van der Waals surface area contributed by atoms with Gasteiger partial charge in [0, 0.05) is 49.9 Å². The molecule has 168 valence electrons. The third-order valence-electron chi connectivity index (χ3n) is 5.45. The predicted molar refractivity (Wildman–Crippen MR) is 128 cm³/mol. The van der Waals surface area contributed by atoms with Crippen molar-refractivity contribution in [1.82, 2.24) is 4.90 Å². The maximum atomic E-state index is 12.7. The van der Waals surface area contributed by atoms with Gasteiger partial charge in [0.15, 0.2) is 0 Å². The second kappa shape index (κ2) is 9.92. The lowest BCUT2D eigenvalue weighted by molar-refractivity contribution is -0.131. The Morgan fingerprint density at radius 1 is 1.03 bits per heavy atom. The Balaban J connectivity index is 1.54. The van der Waals surface area contributed by atoms with Gasteiger partial charge in [0.2, 0.25) is 15.9 Å². The SMILES string of the molecule is Cc1cc(C)cc(N(CCCC(=O)N2CCN(c3cccc(Cl)c3)CC2)S(C)(=O)=O)c1. The van der Waals surface area contributed by atoms with Crippen molar-refractivity contribution in [3.8, 4) is 0 Å². The highest BCUT2D eigenvalue weighted by Crippen LogP contribution is 2.23. The summed E-state index contributed by atoms with van der Waals surface area (Å²) in [7, 11) is -3.42. The van der Waals surface area contributed by atoms with E-state index in [4.69, 9.17) is 11.6 Å². The summed E-state index contributed by atoms with van der Waals surface area (Å²) >= 11 is 6.08. The van der Waals surface area contributed by atoms with Gasteiger partial charge in [0.1, 0.15) is 0 Å². The van der Waals surface area contributed by atoms with Crippen LogP contribution in [-0.2, 0) is 14.8 Å². The van der Waals surface area contributed by atoms with E-state index in [-0.39, 0.29) is 12.5 Å². The second-order valence-electron chi connectivity index (χ2n) is 8.13. The number of carbonyl (C=O) groups excluding carboxylic acids is 1. The molecule has 8 heteroatoms.